The number of hydrogen-bond acceptors (Lipinski definition) is 1. The van der Waals surface area contributed by atoms with Gasteiger partial charge in [0.25, 0.3) is 0 Å². The molecular weight excluding hydrogens is 290 g/mol. The first kappa shape index (κ1) is 17.9. The number of rotatable bonds is 11. The number of halogens is 1. The number of amides is 1. The van der Waals surface area contributed by atoms with Gasteiger partial charge in [-0.2, -0.15) is 0 Å². The monoisotopic (exact) mass is 319 g/mol. The van der Waals surface area contributed by atoms with Crippen LogP contribution in [0.25, 0.3) is 0 Å². The minimum absolute atomic E-state index is 0.149. The van der Waals surface area contributed by atoms with Gasteiger partial charge in [0.05, 0.1) is 0 Å². The highest BCUT2D eigenvalue weighted by atomic mass is 79.9. The molecule has 0 radical (unpaired) electrons. The predicted octanol–water partition coefficient (Wildman–Crippen LogP) is 4.66. The van der Waals surface area contributed by atoms with Crippen LogP contribution in [0.4, 0.5) is 0 Å². The fourth-order valence-electron chi connectivity index (χ4n) is 1.72. The molecule has 0 fully saturated rings. The molecule has 108 valence electrons. The molecule has 0 aliphatic heterocycles. The number of unbranched alkanes of at least 4 members (excludes halogenated alkanes) is 6. The molecule has 0 saturated carbocycles. The summed E-state index contributed by atoms with van der Waals surface area (Å²) in [6, 6.07) is 0. The third kappa shape index (κ3) is 11.1. The Bertz CT molecular complexity index is 217. The molecule has 0 heterocycles. The average Bonchev–Trinajstić information content (AvgIpc) is 2.35. The average molecular weight is 320 g/mol. The molecule has 2 nitrogen and oxygen atoms in total. The van der Waals surface area contributed by atoms with Gasteiger partial charge < -0.3 is 5.32 Å². The molecule has 1 N–H and O–H groups in total. The van der Waals surface area contributed by atoms with E-state index in [0.29, 0.717) is 6.42 Å². The predicted molar refractivity (Wildman–Crippen MR) is 83.2 cm³/mol. The van der Waals surface area contributed by atoms with E-state index in [9.17, 15) is 4.79 Å². The third-order valence-corrected chi connectivity index (χ3v) is 4.65. The lowest BCUT2D eigenvalue weighted by molar-refractivity contribution is -0.121. The summed E-state index contributed by atoms with van der Waals surface area (Å²) in [6.07, 6.45) is 9.51. The van der Waals surface area contributed by atoms with Crippen LogP contribution in [0.5, 0.6) is 0 Å². The first-order chi connectivity index (χ1) is 8.52. The first-order valence-corrected chi connectivity index (χ1v) is 8.46. The first-order valence-electron chi connectivity index (χ1n) is 7.34. The van der Waals surface area contributed by atoms with Gasteiger partial charge in [0.1, 0.15) is 0 Å². The van der Waals surface area contributed by atoms with Crippen molar-refractivity contribution in [1.82, 2.24) is 5.32 Å². The molecule has 0 aromatic rings. The molecule has 0 atom stereocenters. The van der Waals surface area contributed by atoms with Gasteiger partial charge in [-0.3, -0.25) is 4.79 Å². The van der Waals surface area contributed by atoms with Crippen molar-refractivity contribution < 1.29 is 4.79 Å². The zero-order valence-corrected chi connectivity index (χ0v) is 13.9. The molecule has 0 rings (SSSR count). The second-order valence-electron chi connectivity index (χ2n) is 5.95. The number of alkyl halides is 1. The Morgan fingerprint density at radius 1 is 1.06 bits per heavy atom. The lowest BCUT2D eigenvalue weighted by atomic mass is 9.97. The maximum absolute atomic E-state index is 11.6. The minimum atomic E-state index is 0.149. The van der Waals surface area contributed by atoms with E-state index in [4.69, 9.17) is 0 Å². The van der Waals surface area contributed by atoms with Crippen molar-refractivity contribution >= 4 is 21.8 Å². The molecule has 18 heavy (non-hydrogen) atoms. The maximum atomic E-state index is 11.6. The van der Waals surface area contributed by atoms with Gasteiger partial charge in [0, 0.05) is 18.3 Å². The molecule has 0 saturated heterocycles. The number of carbonyl (C=O) groups excluding carboxylic acids is 1. The van der Waals surface area contributed by atoms with E-state index in [2.05, 4.69) is 42.0 Å². The van der Waals surface area contributed by atoms with Gasteiger partial charge in [-0.15, -0.1) is 0 Å². The van der Waals surface area contributed by atoms with E-state index in [1.165, 1.54) is 38.5 Å². The van der Waals surface area contributed by atoms with Crippen LogP contribution in [0.2, 0.25) is 0 Å². The fraction of sp³-hybridized carbons (Fsp3) is 0.933. The quantitative estimate of drug-likeness (QED) is 0.435. The molecule has 1 amide bonds. The summed E-state index contributed by atoms with van der Waals surface area (Å²) in [6.45, 7) is 7.29. The molecule has 3 heteroatoms. The summed E-state index contributed by atoms with van der Waals surface area (Å²) in [5, 5.41) is 3.93. The van der Waals surface area contributed by atoms with Crippen molar-refractivity contribution in [2.24, 2.45) is 5.41 Å². The van der Waals surface area contributed by atoms with Crippen molar-refractivity contribution in [3.05, 3.63) is 0 Å². The molecule has 0 aliphatic rings. The van der Waals surface area contributed by atoms with Gasteiger partial charge in [-0.25, -0.2) is 0 Å². The van der Waals surface area contributed by atoms with Crippen molar-refractivity contribution in [3.8, 4) is 0 Å². The van der Waals surface area contributed by atoms with E-state index < -0.39 is 0 Å². The van der Waals surface area contributed by atoms with Crippen molar-refractivity contribution in [3.63, 3.8) is 0 Å². The molecule has 0 aliphatic carbocycles. The van der Waals surface area contributed by atoms with Crippen molar-refractivity contribution in [1.29, 1.82) is 0 Å². The number of carbonyl (C=O) groups is 1. The Balaban J connectivity index is 3.38. The smallest absolute Gasteiger partial charge is 0.220 e. The van der Waals surface area contributed by atoms with Gasteiger partial charge >= 0.3 is 0 Å². The summed E-state index contributed by atoms with van der Waals surface area (Å²) < 4.78 is 0. The molecule has 0 aromatic carbocycles. The van der Waals surface area contributed by atoms with Crippen molar-refractivity contribution in [2.75, 3.05) is 11.9 Å². The van der Waals surface area contributed by atoms with Gasteiger partial charge in [-0.05, 0) is 11.8 Å². The van der Waals surface area contributed by atoms with Crippen LogP contribution < -0.4 is 5.32 Å². The van der Waals surface area contributed by atoms with Crippen LogP contribution in [-0.4, -0.2) is 17.8 Å². The summed E-state index contributed by atoms with van der Waals surface area (Å²) >= 11 is 3.46. The molecule has 0 aromatic heterocycles. The van der Waals surface area contributed by atoms with Crippen LogP contribution in [0.1, 0.15) is 72.1 Å². The van der Waals surface area contributed by atoms with Crippen molar-refractivity contribution in [2.45, 2.75) is 72.1 Å². The van der Waals surface area contributed by atoms with Crippen LogP contribution in [0.15, 0.2) is 0 Å². The largest absolute Gasteiger partial charge is 0.356 e. The summed E-state index contributed by atoms with van der Waals surface area (Å²) in [5.74, 6) is 0.206. The second-order valence-corrected chi connectivity index (χ2v) is 6.51. The molecule has 0 spiro atoms. The zero-order chi connectivity index (χ0) is 13.9. The summed E-state index contributed by atoms with van der Waals surface area (Å²) in [7, 11) is 0. The lowest BCUT2D eigenvalue weighted by Gasteiger charge is -2.21. The Kier molecular flexibility index (Phi) is 10.8. The highest BCUT2D eigenvalue weighted by Crippen LogP contribution is 2.16. The summed E-state index contributed by atoms with van der Waals surface area (Å²) in [5.41, 5.74) is 0.149. The third-order valence-electron chi connectivity index (χ3n) is 3.13. The highest BCUT2D eigenvalue weighted by Gasteiger charge is 2.16. The van der Waals surface area contributed by atoms with E-state index >= 15 is 0 Å². The standard InChI is InChI=1S/C15H30BrNO/c1-4-5-6-7-8-9-10-11-14(18)17-13-15(2,3)12-16/h4-13H2,1-3H3,(H,17,18). The van der Waals surface area contributed by atoms with Gasteiger partial charge in [0.2, 0.25) is 5.91 Å². The normalized spacial score (nSPS) is 11.6. The fourth-order valence-corrected chi connectivity index (χ4v) is 1.91. The molecule has 0 unspecified atom stereocenters. The number of nitrogens with one attached hydrogen (secondary N) is 1. The SMILES string of the molecule is CCCCCCCCCC(=O)NCC(C)(C)CBr. The Morgan fingerprint density at radius 3 is 2.17 bits per heavy atom. The zero-order valence-electron chi connectivity index (χ0n) is 12.4. The Morgan fingerprint density at radius 2 is 1.61 bits per heavy atom. The van der Waals surface area contributed by atoms with E-state index in [1.807, 2.05) is 0 Å². The number of hydrogen-bond donors (Lipinski definition) is 1. The highest BCUT2D eigenvalue weighted by molar-refractivity contribution is 9.09. The Hall–Kier alpha value is -0.0500. The molecular formula is C15H30BrNO. The second kappa shape index (κ2) is 10.8. The van der Waals surface area contributed by atoms with E-state index in [-0.39, 0.29) is 11.3 Å². The van der Waals surface area contributed by atoms with Crippen LogP contribution in [0, 0.1) is 5.41 Å². The van der Waals surface area contributed by atoms with Crippen LogP contribution >= 0.6 is 15.9 Å². The van der Waals surface area contributed by atoms with Crippen LogP contribution in [-0.2, 0) is 4.79 Å². The summed E-state index contributed by atoms with van der Waals surface area (Å²) in [4.78, 5) is 11.6. The van der Waals surface area contributed by atoms with Gasteiger partial charge in [0.15, 0.2) is 0 Å². The lowest BCUT2D eigenvalue weighted by Crippen LogP contribution is -2.34. The Labute approximate surface area is 121 Å². The van der Waals surface area contributed by atoms with Gasteiger partial charge in [-0.1, -0.05) is 75.2 Å². The van der Waals surface area contributed by atoms with E-state index in [0.717, 1.165) is 18.3 Å². The minimum Gasteiger partial charge on any atom is -0.356 e. The topological polar surface area (TPSA) is 29.1 Å². The van der Waals surface area contributed by atoms with E-state index in [1.54, 1.807) is 0 Å². The van der Waals surface area contributed by atoms with Crippen LogP contribution in [0.3, 0.4) is 0 Å². The maximum Gasteiger partial charge on any atom is 0.220 e. The molecule has 0 bridgehead atoms.